The molecule has 0 spiro atoms. The number of rotatable bonds is 3. The molecular formula is C15H15ClO4. The lowest BCUT2D eigenvalue weighted by molar-refractivity contribution is -0.139. The van der Waals surface area contributed by atoms with Crippen LogP contribution in [0.3, 0.4) is 0 Å². The van der Waals surface area contributed by atoms with E-state index in [1.54, 1.807) is 6.07 Å². The Labute approximate surface area is 122 Å². The average Bonchev–Trinajstić information content (AvgIpc) is 2.76. The van der Waals surface area contributed by atoms with E-state index in [0.29, 0.717) is 16.5 Å². The maximum absolute atomic E-state index is 11.2. The monoisotopic (exact) mass is 294 g/mol. The van der Waals surface area contributed by atoms with Gasteiger partial charge in [0.25, 0.3) is 0 Å². The Morgan fingerprint density at radius 1 is 1.40 bits per heavy atom. The summed E-state index contributed by atoms with van der Waals surface area (Å²) in [5, 5.41) is 9.71. The number of benzene rings is 1. The van der Waals surface area contributed by atoms with Crippen molar-refractivity contribution >= 4 is 22.6 Å². The summed E-state index contributed by atoms with van der Waals surface area (Å²) in [6.45, 7) is 4.10. The molecule has 1 saturated carbocycles. The molecule has 0 bridgehead atoms. The first-order valence-electron chi connectivity index (χ1n) is 6.41. The maximum Gasteiger partial charge on any atom is 0.307 e. The van der Waals surface area contributed by atoms with Gasteiger partial charge in [0.05, 0.1) is 5.92 Å². The molecule has 0 saturated heterocycles. The van der Waals surface area contributed by atoms with Crippen LogP contribution in [0.15, 0.2) is 24.3 Å². The lowest BCUT2D eigenvalue weighted by Crippen LogP contribution is -2.03. The van der Waals surface area contributed by atoms with Crippen LogP contribution in [0.2, 0.25) is 0 Å². The van der Waals surface area contributed by atoms with Crippen molar-refractivity contribution in [2.45, 2.75) is 13.8 Å². The molecule has 20 heavy (non-hydrogen) atoms. The average molecular weight is 295 g/mol. The van der Waals surface area contributed by atoms with Crippen LogP contribution in [0.4, 0.5) is 0 Å². The number of allylic oxidation sites excluding steroid dienone is 1. The quantitative estimate of drug-likeness (QED) is 0.929. The van der Waals surface area contributed by atoms with Crippen LogP contribution < -0.4 is 9.47 Å². The van der Waals surface area contributed by atoms with Gasteiger partial charge in [-0.25, -0.2) is 0 Å². The van der Waals surface area contributed by atoms with E-state index in [2.05, 4.69) is 0 Å². The molecule has 2 unspecified atom stereocenters. The highest BCUT2D eigenvalue weighted by Crippen LogP contribution is 2.60. The zero-order valence-corrected chi connectivity index (χ0v) is 12.0. The maximum atomic E-state index is 11.2. The summed E-state index contributed by atoms with van der Waals surface area (Å²) >= 11 is 6.31. The van der Waals surface area contributed by atoms with Crippen LogP contribution >= 0.6 is 11.6 Å². The van der Waals surface area contributed by atoms with Crippen molar-refractivity contribution in [3.05, 3.63) is 29.8 Å². The minimum Gasteiger partial charge on any atom is -0.481 e. The third-order valence-corrected chi connectivity index (χ3v) is 4.50. The Bertz CT molecular complexity index is 606. The first-order chi connectivity index (χ1) is 9.41. The summed E-state index contributed by atoms with van der Waals surface area (Å²) in [5.74, 6) is 0.182. The van der Waals surface area contributed by atoms with E-state index in [9.17, 15) is 4.79 Å². The fraction of sp³-hybridized carbons (Fsp3) is 0.400. The van der Waals surface area contributed by atoms with Crippen LogP contribution in [0.1, 0.15) is 19.4 Å². The molecule has 5 heteroatoms. The molecule has 0 aromatic heterocycles. The third kappa shape index (κ3) is 2.04. The molecule has 0 amide bonds. The minimum atomic E-state index is -0.772. The molecule has 1 aliphatic heterocycles. The highest BCUT2D eigenvalue weighted by atomic mass is 35.5. The second kappa shape index (κ2) is 4.42. The van der Waals surface area contributed by atoms with Crippen LogP contribution in [0.5, 0.6) is 11.5 Å². The molecule has 3 rings (SSSR count). The van der Waals surface area contributed by atoms with E-state index >= 15 is 0 Å². The molecule has 1 heterocycles. The predicted octanol–water partition coefficient (Wildman–Crippen LogP) is 3.35. The Balaban J connectivity index is 1.85. The minimum absolute atomic E-state index is 0.0436. The van der Waals surface area contributed by atoms with Gasteiger partial charge >= 0.3 is 5.97 Å². The Morgan fingerprint density at radius 2 is 2.10 bits per heavy atom. The van der Waals surface area contributed by atoms with Crippen molar-refractivity contribution in [1.29, 1.82) is 0 Å². The summed E-state index contributed by atoms with van der Waals surface area (Å²) < 4.78 is 10.6. The zero-order valence-electron chi connectivity index (χ0n) is 11.2. The van der Waals surface area contributed by atoms with Crippen molar-refractivity contribution < 1.29 is 19.4 Å². The standard InChI is InChI=1S/C15H15ClO4/c1-15(2)9(13(15)14(17)18)6-10(16)8-3-4-11-12(5-8)20-7-19-11/h3-6,9,13H,7H2,1-2H3,(H,17,18). The number of carbonyl (C=O) groups is 1. The Hall–Kier alpha value is -1.68. The molecule has 1 fully saturated rings. The van der Waals surface area contributed by atoms with Crippen molar-refractivity contribution in [2.24, 2.45) is 17.3 Å². The molecule has 1 aromatic carbocycles. The van der Waals surface area contributed by atoms with E-state index in [-0.39, 0.29) is 24.0 Å². The van der Waals surface area contributed by atoms with Crippen molar-refractivity contribution in [1.82, 2.24) is 0 Å². The second-order valence-electron chi connectivity index (χ2n) is 5.75. The van der Waals surface area contributed by atoms with Gasteiger partial charge in [-0.2, -0.15) is 0 Å². The van der Waals surface area contributed by atoms with E-state index in [1.165, 1.54) is 0 Å². The zero-order chi connectivity index (χ0) is 14.5. The lowest BCUT2D eigenvalue weighted by Gasteiger charge is -2.02. The highest BCUT2D eigenvalue weighted by molar-refractivity contribution is 6.48. The van der Waals surface area contributed by atoms with Gasteiger partial charge in [0.1, 0.15) is 0 Å². The first-order valence-corrected chi connectivity index (χ1v) is 6.79. The van der Waals surface area contributed by atoms with E-state index in [0.717, 1.165) is 5.56 Å². The molecule has 2 atom stereocenters. The predicted molar refractivity (Wildman–Crippen MR) is 74.8 cm³/mol. The number of aliphatic carboxylic acids is 1. The SMILES string of the molecule is CC1(C)C(C=C(Cl)c2ccc3c(c2)OCO3)C1C(=O)O. The number of carboxylic acid groups (broad SMARTS) is 1. The molecular weight excluding hydrogens is 280 g/mol. The summed E-state index contributed by atoms with van der Waals surface area (Å²) in [6, 6.07) is 5.46. The van der Waals surface area contributed by atoms with Gasteiger partial charge in [0, 0.05) is 5.03 Å². The number of fused-ring (bicyclic) bond motifs is 1. The topological polar surface area (TPSA) is 55.8 Å². The molecule has 2 aliphatic rings. The van der Waals surface area contributed by atoms with Gasteiger partial charge in [-0.15, -0.1) is 0 Å². The van der Waals surface area contributed by atoms with Crippen LogP contribution in [0.25, 0.3) is 5.03 Å². The van der Waals surface area contributed by atoms with Gasteiger partial charge < -0.3 is 14.6 Å². The van der Waals surface area contributed by atoms with Gasteiger partial charge in [-0.3, -0.25) is 4.79 Å². The fourth-order valence-electron chi connectivity index (χ4n) is 2.76. The number of carboxylic acids is 1. The van der Waals surface area contributed by atoms with Gasteiger partial charge in [-0.05, 0) is 35.1 Å². The Kier molecular flexibility index (Phi) is 2.94. The largest absolute Gasteiger partial charge is 0.481 e. The van der Waals surface area contributed by atoms with Gasteiger partial charge in [0.15, 0.2) is 11.5 Å². The number of ether oxygens (including phenoxy) is 2. The lowest BCUT2D eigenvalue weighted by atomic mass is 10.1. The number of hydrogen-bond donors (Lipinski definition) is 1. The van der Waals surface area contributed by atoms with Gasteiger partial charge in [-0.1, -0.05) is 31.5 Å². The van der Waals surface area contributed by atoms with Crippen molar-refractivity contribution in [3.8, 4) is 11.5 Å². The molecule has 1 aliphatic carbocycles. The molecule has 0 radical (unpaired) electrons. The van der Waals surface area contributed by atoms with Crippen LogP contribution in [-0.4, -0.2) is 17.9 Å². The number of hydrogen-bond acceptors (Lipinski definition) is 3. The van der Waals surface area contributed by atoms with Crippen molar-refractivity contribution in [2.75, 3.05) is 6.79 Å². The normalized spacial score (nSPS) is 26.4. The summed E-state index contributed by atoms with van der Waals surface area (Å²) in [7, 11) is 0. The molecule has 4 nitrogen and oxygen atoms in total. The second-order valence-corrected chi connectivity index (χ2v) is 6.15. The smallest absolute Gasteiger partial charge is 0.307 e. The molecule has 1 aromatic rings. The summed E-state index contributed by atoms with van der Waals surface area (Å²) in [5.41, 5.74) is 0.560. The van der Waals surface area contributed by atoms with Gasteiger partial charge in [0.2, 0.25) is 6.79 Å². The van der Waals surface area contributed by atoms with E-state index in [1.807, 2.05) is 32.1 Å². The molecule has 106 valence electrons. The summed E-state index contributed by atoms with van der Waals surface area (Å²) in [4.78, 5) is 11.2. The highest BCUT2D eigenvalue weighted by Gasteiger charge is 2.61. The van der Waals surface area contributed by atoms with Crippen molar-refractivity contribution in [3.63, 3.8) is 0 Å². The van der Waals surface area contributed by atoms with E-state index < -0.39 is 5.97 Å². The van der Waals surface area contributed by atoms with E-state index in [4.69, 9.17) is 26.2 Å². The van der Waals surface area contributed by atoms with Crippen LogP contribution in [0, 0.1) is 17.3 Å². The first kappa shape index (κ1) is 13.3. The fourth-order valence-corrected chi connectivity index (χ4v) is 3.01. The third-order valence-electron chi connectivity index (χ3n) is 4.15. The number of halogens is 1. The van der Waals surface area contributed by atoms with Crippen LogP contribution in [-0.2, 0) is 4.79 Å². The Morgan fingerprint density at radius 3 is 2.75 bits per heavy atom. The summed E-state index contributed by atoms with van der Waals surface area (Å²) in [6.07, 6.45) is 1.83. The molecule has 1 N–H and O–H groups in total.